The van der Waals surface area contributed by atoms with Crippen LogP contribution in [-0.2, 0) is 0 Å². The molecule has 0 aliphatic heterocycles. The molecule has 0 radical (unpaired) electrons. The molecule has 16 heavy (non-hydrogen) atoms. The summed E-state index contributed by atoms with van der Waals surface area (Å²) < 4.78 is 0. The zero-order valence-corrected chi connectivity index (χ0v) is 12.1. The Balaban J connectivity index is 0. The molecule has 0 bridgehead atoms. The first-order valence-corrected chi connectivity index (χ1v) is 6.52. The first kappa shape index (κ1) is 17.3. The number of anilines is 1. The molecule has 0 saturated carbocycles. The Morgan fingerprint density at radius 2 is 1.81 bits per heavy atom. The number of aromatic nitrogens is 1. The van der Waals surface area contributed by atoms with E-state index in [0.29, 0.717) is 5.13 Å². The predicted octanol–water partition coefficient (Wildman–Crippen LogP) is 4.84. The standard InChI is InChI=1S/C9H12N2S.2C2H6/c1-4-6(3)8-7(5-2)12-9(10)11-8;2*1-2/h4-5H,2H2,1,3H3,(H2,10,11);2*1-2H3/b6-4-;;. The van der Waals surface area contributed by atoms with Gasteiger partial charge in [-0.3, -0.25) is 0 Å². The van der Waals surface area contributed by atoms with Gasteiger partial charge in [-0.15, -0.1) is 0 Å². The molecule has 2 N–H and O–H groups in total. The Morgan fingerprint density at radius 3 is 2.19 bits per heavy atom. The monoisotopic (exact) mass is 240 g/mol. The van der Waals surface area contributed by atoms with Crippen LogP contribution in [0, 0.1) is 0 Å². The Labute approximate surface area is 104 Å². The molecular formula is C13H24N2S. The van der Waals surface area contributed by atoms with E-state index in [4.69, 9.17) is 5.73 Å². The molecule has 0 aliphatic rings. The van der Waals surface area contributed by atoms with E-state index in [0.717, 1.165) is 16.1 Å². The number of nitrogen functional groups attached to an aromatic ring is 1. The summed E-state index contributed by atoms with van der Waals surface area (Å²) in [7, 11) is 0. The van der Waals surface area contributed by atoms with Gasteiger partial charge in [-0.1, -0.05) is 51.7 Å². The van der Waals surface area contributed by atoms with Crippen LogP contribution in [0.5, 0.6) is 0 Å². The summed E-state index contributed by atoms with van der Waals surface area (Å²) in [5.41, 5.74) is 7.67. The van der Waals surface area contributed by atoms with Crippen molar-refractivity contribution in [2.75, 3.05) is 5.73 Å². The van der Waals surface area contributed by atoms with Crippen LogP contribution in [0.4, 0.5) is 5.13 Å². The zero-order valence-electron chi connectivity index (χ0n) is 11.3. The maximum atomic E-state index is 5.58. The highest BCUT2D eigenvalue weighted by molar-refractivity contribution is 7.16. The van der Waals surface area contributed by atoms with E-state index < -0.39 is 0 Å². The lowest BCUT2D eigenvalue weighted by Gasteiger charge is -1.94. The highest BCUT2D eigenvalue weighted by Crippen LogP contribution is 2.26. The van der Waals surface area contributed by atoms with Crippen molar-refractivity contribution >= 4 is 28.1 Å². The molecule has 0 unspecified atom stereocenters. The molecule has 2 nitrogen and oxygen atoms in total. The van der Waals surface area contributed by atoms with Crippen molar-refractivity contribution in [1.82, 2.24) is 4.98 Å². The lowest BCUT2D eigenvalue weighted by Crippen LogP contribution is -1.85. The number of thiazole rings is 1. The fourth-order valence-corrected chi connectivity index (χ4v) is 1.66. The van der Waals surface area contributed by atoms with Crippen LogP contribution in [0.3, 0.4) is 0 Å². The molecule has 0 saturated heterocycles. The molecule has 92 valence electrons. The molecule has 1 heterocycles. The number of allylic oxidation sites excluding steroid dienone is 2. The van der Waals surface area contributed by atoms with Gasteiger partial charge in [0.2, 0.25) is 0 Å². The maximum absolute atomic E-state index is 5.58. The summed E-state index contributed by atoms with van der Waals surface area (Å²) in [6, 6.07) is 0. The van der Waals surface area contributed by atoms with Gasteiger partial charge < -0.3 is 5.73 Å². The van der Waals surface area contributed by atoms with Crippen molar-refractivity contribution in [3.05, 3.63) is 23.2 Å². The van der Waals surface area contributed by atoms with Crippen LogP contribution in [0.15, 0.2) is 12.7 Å². The van der Waals surface area contributed by atoms with Gasteiger partial charge in [0, 0.05) is 0 Å². The van der Waals surface area contributed by atoms with Crippen LogP contribution < -0.4 is 5.73 Å². The number of hydrogen-bond acceptors (Lipinski definition) is 3. The first-order chi connectivity index (χ1) is 7.69. The number of hydrogen-bond donors (Lipinski definition) is 1. The van der Waals surface area contributed by atoms with E-state index in [1.54, 1.807) is 6.08 Å². The Hall–Kier alpha value is -1.09. The minimum atomic E-state index is 0.598. The van der Waals surface area contributed by atoms with E-state index in [2.05, 4.69) is 11.6 Å². The van der Waals surface area contributed by atoms with E-state index in [1.807, 2.05) is 47.6 Å². The fourth-order valence-electron chi connectivity index (χ4n) is 0.907. The largest absolute Gasteiger partial charge is 0.375 e. The average Bonchev–Trinajstić information content (AvgIpc) is 2.74. The van der Waals surface area contributed by atoms with E-state index in [1.165, 1.54) is 11.3 Å². The van der Waals surface area contributed by atoms with Crippen LogP contribution in [0.25, 0.3) is 11.6 Å². The predicted molar refractivity (Wildman–Crippen MR) is 78.6 cm³/mol. The molecule has 1 rings (SSSR count). The van der Waals surface area contributed by atoms with Crippen LogP contribution in [0.2, 0.25) is 0 Å². The van der Waals surface area contributed by atoms with Crippen molar-refractivity contribution in [2.45, 2.75) is 41.5 Å². The quantitative estimate of drug-likeness (QED) is 0.803. The van der Waals surface area contributed by atoms with Crippen molar-refractivity contribution in [3.63, 3.8) is 0 Å². The molecule has 0 aromatic carbocycles. The maximum Gasteiger partial charge on any atom is 0.181 e. The van der Waals surface area contributed by atoms with Gasteiger partial charge in [0.05, 0.1) is 10.6 Å². The molecule has 0 atom stereocenters. The van der Waals surface area contributed by atoms with Gasteiger partial charge in [-0.05, 0) is 25.5 Å². The topological polar surface area (TPSA) is 38.9 Å². The molecule has 1 aromatic heterocycles. The third kappa shape index (κ3) is 5.12. The number of rotatable bonds is 2. The number of nitrogens with two attached hydrogens (primary N) is 1. The third-order valence-electron chi connectivity index (χ3n) is 1.66. The SMILES string of the molecule is C=Cc1sc(N)nc1/C(C)=C\C.CC.CC. The lowest BCUT2D eigenvalue weighted by atomic mass is 10.2. The van der Waals surface area contributed by atoms with Crippen molar-refractivity contribution in [1.29, 1.82) is 0 Å². The summed E-state index contributed by atoms with van der Waals surface area (Å²) in [5.74, 6) is 0. The van der Waals surface area contributed by atoms with Crippen LogP contribution in [-0.4, -0.2) is 4.98 Å². The summed E-state index contributed by atoms with van der Waals surface area (Å²) in [4.78, 5) is 5.25. The second-order valence-electron chi connectivity index (χ2n) is 2.44. The van der Waals surface area contributed by atoms with E-state index in [-0.39, 0.29) is 0 Å². The Morgan fingerprint density at radius 1 is 1.31 bits per heavy atom. The molecule has 1 aromatic rings. The normalized spacial score (nSPS) is 9.50. The summed E-state index contributed by atoms with van der Waals surface area (Å²) in [6.45, 7) is 15.7. The summed E-state index contributed by atoms with van der Waals surface area (Å²) in [6.07, 6.45) is 3.80. The molecule has 3 heteroatoms. The third-order valence-corrected chi connectivity index (χ3v) is 2.54. The van der Waals surface area contributed by atoms with E-state index in [9.17, 15) is 0 Å². The van der Waals surface area contributed by atoms with Crippen LogP contribution >= 0.6 is 11.3 Å². The summed E-state index contributed by atoms with van der Waals surface area (Å²) in [5, 5.41) is 0.598. The zero-order chi connectivity index (χ0) is 13.1. The molecule has 0 spiro atoms. The van der Waals surface area contributed by atoms with Gasteiger partial charge in [0.25, 0.3) is 0 Å². The second-order valence-corrected chi connectivity index (χ2v) is 3.50. The number of nitrogens with zero attached hydrogens (tertiary/aromatic N) is 1. The van der Waals surface area contributed by atoms with Gasteiger partial charge in [-0.2, -0.15) is 0 Å². The van der Waals surface area contributed by atoms with Gasteiger partial charge >= 0.3 is 0 Å². The molecule has 0 fully saturated rings. The molecule has 0 aliphatic carbocycles. The molecule has 0 amide bonds. The summed E-state index contributed by atoms with van der Waals surface area (Å²) >= 11 is 1.47. The van der Waals surface area contributed by atoms with Crippen LogP contribution in [0.1, 0.15) is 52.1 Å². The van der Waals surface area contributed by atoms with Gasteiger partial charge in [0.1, 0.15) is 0 Å². The minimum Gasteiger partial charge on any atom is -0.375 e. The smallest absolute Gasteiger partial charge is 0.181 e. The van der Waals surface area contributed by atoms with Gasteiger partial charge in [-0.25, -0.2) is 4.98 Å². The minimum absolute atomic E-state index is 0.598. The first-order valence-electron chi connectivity index (χ1n) is 5.71. The highest BCUT2D eigenvalue weighted by Gasteiger charge is 2.06. The van der Waals surface area contributed by atoms with Crippen molar-refractivity contribution < 1.29 is 0 Å². The second kappa shape index (κ2) is 10.4. The van der Waals surface area contributed by atoms with Crippen molar-refractivity contribution in [2.24, 2.45) is 0 Å². The van der Waals surface area contributed by atoms with Gasteiger partial charge in [0.15, 0.2) is 5.13 Å². The van der Waals surface area contributed by atoms with E-state index >= 15 is 0 Å². The Kier molecular flexibility index (Phi) is 11.3. The lowest BCUT2D eigenvalue weighted by molar-refractivity contribution is 1.34. The fraction of sp³-hybridized carbons (Fsp3) is 0.462. The molecular weight excluding hydrogens is 216 g/mol. The Bertz CT molecular complexity index is 325. The highest BCUT2D eigenvalue weighted by atomic mass is 32.1. The average molecular weight is 240 g/mol. The van der Waals surface area contributed by atoms with Crippen molar-refractivity contribution in [3.8, 4) is 0 Å².